The first-order valence-corrected chi connectivity index (χ1v) is 18.6. The van der Waals surface area contributed by atoms with Crippen molar-refractivity contribution in [2.45, 2.75) is 56.1 Å². The molecular weight excluding hydrogens is 647 g/mol. The number of anilines is 1. The van der Waals surface area contributed by atoms with E-state index in [9.17, 15) is 13.2 Å². The van der Waals surface area contributed by atoms with Crippen molar-refractivity contribution < 1.29 is 13.2 Å². The van der Waals surface area contributed by atoms with Gasteiger partial charge in [0.2, 0.25) is 5.91 Å². The van der Waals surface area contributed by atoms with Gasteiger partial charge in [-0.25, -0.2) is 17.4 Å². The molecule has 3 aromatic carbocycles. The molecule has 0 spiro atoms. The van der Waals surface area contributed by atoms with Gasteiger partial charge in [-0.2, -0.15) is 0 Å². The predicted molar refractivity (Wildman–Crippen MR) is 199 cm³/mol. The van der Waals surface area contributed by atoms with Crippen molar-refractivity contribution in [1.29, 1.82) is 0 Å². The van der Waals surface area contributed by atoms with Crippen molar-refractivity contribution in [2.75, 3.05) is 24.5 Å². The fraction of sp³-hybridized carbons (Fsp3) is 0.282. The van der Waals surface area contributed by atoms with Crippen molar-refractivity contribution >= 4 is 32.7 Å². The first-order chi connectivity index (χ1) is 24.3. The van der Waals surface area contributed by atoms with Gasteiger partial charge in [0.15, 0.2) is 0 Å². The average Bonchev–Trinajstić information content (AvgIpc) is 3.77. The molecule has 5 aromatic rings. The number of rotatable bonds is 16. The van der Waals surface area contributed by atoms with E-state index >= 15 is 0 Å². The highest BCUT2D eigenvalue weighted by atomic mass is 32.2. The third-order valence-corrected chi connectivity index (χ3v) is 11.1. The van der Waals surface area contributed by atoms with Crippen LogP contribution in [0.25, 0.3) is 22.4 Å². The molecule has 1 aliphatic rings. The molecule has 4 radical (unpaired) electrons. The van der Waals surface area contributed by atoms with Crippen LogP contribution in [-0.2, 0) is 27.9 Å². The smallest absolute Gasteiger partial charge is 0.267 e. The number of aryl methyl sites for hydroxylation is 1. The summed E-state index contributed by atoms with van der Waals surface area (Å²) in [6.07, 6.45) is 6.40. The van der Waals surface area contributed by atoms with E-state index in [-0.39, 0.29) is 17.9 Å². The van der Waals surface area contributed by atoms with Crippen molar-refractivity contribution in [1.82, 2.24) is 23.7 Å². The van der Waals surface area contributed by atoms with Crippen LogP contribution in [0.5, 0.6) is 0 Å². The molecule has 2 aromatic heterocycles. The van der Waals surface area contributed by atoms with Gasteiger partial charge in [-0.3, -0.25) is 4.79 Å². The summed E-state index contributed by atoms with van der Waals surface area (Å²) >= 11 is 0. The van der Waals surface area contributed by atoms with Gasteiger partial charge in [-0.15, -0.1) is 0 Å². The van der Waals surface area contributed by atoms with Crippen molar-refractivity contribution in [3.8, 4) is 11.4 Å². The maximum Gasteiger partial charge on any atom is 0.267 e. The van der Waals surface area contributed by atoms with Crippen LogP contribution in [0.2, 0.25) is 0 Å². The Morgan fingerprint density at radius 2 is 1.68 bits per heavy atom. The molecule has 50 heavy (non-hydrogen) atoms. The Balaban J connectivity index is 1.29. The van der Waals surface area contributed by atoms with Crippen LogP contribution in [0, 0.1) is 26.9 Å². The van der Waals surface area contributed by atoms with Crippen LogP contribution >= 0.6 is 0 Å². The molecule has 11 heteroatoms. The molecule has 1 amide bonds. The second-order valence-electron chi connectivity index (χ2n) is 12.6. The Morgan fingerprint density at radius 1 is 0.940 bits per heavy atom. The van der Waals surface area contributed by atoms with E-state index < -0.39 is 22.0 Å². The number of primary amides is 1. The number of hydrogen-bond donors (Lipinski definition) is 2. The predicted octanol–water partition coefficient (Wildman–Crippen LogP) is 6.12. The molecule has 1 atom stereocenters. The number of piperidine rings is 1. The summed E-state index contributed by atoms with van der Waals surface area (Å²) < 4.78 is 30.3. The average molecular weight is 692 g/mol. The quantitative estimate of drug-likeness (QED) is 0.128. The molecule has 6 rings (SSSR count). The summed E-state index contributed by atoms with van der Waals surface area (Å²) in [5, 5.41) is 3.40. The molecule has 1 unspecified atom stereocenters. The molecule has 10 nitrogen and oxygen atoms in total. The zero-order valence-electron chi connectivity index (χ0n) is 28.3. The summed E-state index contributed by atoms with van der Waals surface area (Å²) in [5.74, 6) is 0.404. The van der Waals surface area contributed by atoms with Crippen LogP contribution in [0.4, 0.5) is 5.69 Å². The highest BCUT2D eigenvalue weighted by molar-refractivity contribution is 7.90. The van der Waals surface area contributed by atoms with Crippen LogP contribution in [-0.4, -0.2) is 52.4 Å². The summed E-state index contributed by atoms with van der Waals surface area (Å²) in [4.78, 5) is 22.0. The van der Waals surface area contributed by atoms with Gasteiger partial charge in [0, 0.05) is 61.8 Å². The number of hydrogen-bond acceptors (Lipinski definition) is 7. The molecule has 3 heterocycles. The number of likely N-dealkylation sites (tertiary alicyclic amines) is 1. The zero-order chi connectivity index (χ0) is 35.1. The number of nitrogens with two attached hydrogens (primary N) is 1. The third kappa shape index (κ3) is 7.96. The topological polar surface area (TPSA) is 118 Å². The number of fused-ring (bicyclic) bond motifs is 1. The number of imidazole rings is 1. The summed E-state index contributed by atoms with van der Waals surface area (Å²) in [6.45, 7) is 15.5. The molecule has 1 aliphatic heterocycles. The minimum atomic E-state index is -3.79. The SMILES string of the molecule is [CH2][CH]N([CH][CH2])c1ccc(-c2nc3cc(C(CC(N)=O)NCc4cccn4S(=O)(=O)c4ccccc4)ccc3n2CCCN2CCCCC2)cc1. The number of carbonyl (C=O) groups excluding carboxylic acids is 1. The number of aromatic nitrogens is 3. The van der Waals surface area contributed by atoms with E-state index in [2.05, 4.69) is 46.8 Å². The van der Waals surface area contributed by atoms with Gasteiger partial charge in [0.25, 0.3) is 10.0 Å². The lowest BCUT2D eigenvalue weighted by molar-refractivity contribution is -0.118. The molecule has 0 saturated carbocycles. The third-order valence-electron chi connectivity index (χ3n) is 9.32. The van der Waals surface area contributed by atoms with E-state index in [1.54, 1.807) is 55.6 Å². The van der Waals surface area contributed by atoms with Gasteiger partial charge in [0.1, 0.15) is 5.82 Å². The van der Waals surface area contributed by atoms with Gasteiger partial charge < -0.3 is 25.4 Å². The van der Waals surface area contributed by atoms with Crippen LogP contribution in [0.15, 0.2) is 96.0 Å². The molecule has 1 saturated heterocycles. The fourth-order valence-electron chi connectivity index (χ4n) is 6.73. The first-order valence-electron chi connectivity index (χ1n) is 17.1. The second kappa shape index (κ2) is 16.1. The lowest BCUT2D eigenvalue weighted by atomic mass is 10.0. The minimum Gasteiger partial charge on any atom is -0.370 e. The van der Waals surface area contributed by atoms with Gasteiger partial charge in [-0.05, 0) is 119 Å². The van der Waals surface area contributed by atoms with E-state index in [1.807, 2.05) is 29.2 Å². The number of benzene rings is 3. The van der Waals surface area contributed by atoms with Gasteiger partial charge in [0.05, 0.1) is 15.9 Å². The Bertz CT molecular complexity index is 1980. The summed E-state index contributed by atoms with van der Waals surface area (Å²) in [5.41, 5.74) is 10.9. The van der Waals surface area contributed by atoms with E-state index in [0.717, 1.165) is 66.3 Å². The molecule has 0 aliphatic carbocycles. The van der Waals surface area contributed by atoms with E-state index in [1.165, 1.54) is 29.4 Å². The Hall–Kier alpha value is -4.45. The summed E-state index contributed by atoms with van der Waals surface area (Å²) in [6, 6.07) is 25.6. The monoisotopic (exact) mass is 691 g/mol. The first kappa shape index (κ1) is 35.4. The number of nitrogens with one attached hydrogen (secondary N) is 1. The van der Waals surface area contributed by atoms with Crippen molar-refractivity contribution in [3.05, 3.63) is 129 Å². The minimum absolute atomic E-state index is 0.0334. The molecule has 260 valence electrons. The lowest BCUT2D eigenvalue weighted by Gasteiger charge is -2.26. The van der Waals surface area contributed by atoms with Crippen molar-refractivity contribution in [2.24, 2.45) is 5.73 Å². The van der Waals surface area contributed by atoms with Crippen LogP contribution in [0.3, 0.4) is 0 Å². The lowest BCUT2D eigenvalue weighted by Crippen LogP contribution is -2.31. The Kier molecular flexibility index (Phi) is 11.4. The van der Waals surface area contributed by atoms with Crippen LogP contribution < -0.4 is 16.0 Å². The van der Waals surface area contributed by atoms with Gasteiger partial charge >= 0.3 is 0 Å². The highest BCUT2D eigenvalue weighted by Crippen LogP contribution is 2.30. The largest absolute Gasteiger partial charge is 0.370 e. The van der Waals surface area contributed by atoms with E-state index in [4.69, 9.17) is 10.7 Å². The number of amides is 1. The van der Waals surface area contributed by atoms with Gasteiger partial charge in [-0.1, -0.05) is 30.7 Å². The standard InChI is InChI=1S/C39H45N7O3S/c1-3-44(4-2)32-19-16-30(17-20-32)39-42-36-27-31(18-21-37(36)45(39)25-12-24-43-22-9-6-10-23-43)35(28-38(40)47)41-29-33-13-11-26-46(33)50(48,49)34-14-7-5-8-15-34/h3-5,7-8,11,13-21,26-27,35,41H,1-2,6,9-10,12,22-25,28-29H2,(H2,40,47). The second-order valence-corrected chi connectivity index (χ2v) is 14.4. The normalized spacial score (nSPS) is 14.6. The fourth-order valence-corrected chi connectivity index (χ4v) is 8.12. The molecular formula is C39H45N7O3S. The van der Waals surface area contributed by atoms with Crippen molar-refractivity contribution in [3.63, 3.8) is 0 Å². The van der Waals surface area contributed by atoms with Crippen LogP contribution in [0.1, 0.15) is 49.4 Å². The Morgan fingerprint density at radius 3 is 2.38 bits per heavy atom. The maximum absolute atomic E-state index is 13.4. The molecule has 1 fully saturated rings. The number of nitrogens with zero attached hydrogens (tertiary/aromatic N) is 5. The number of carbonyl (C=O) groups is 1. The molecule has 3 N–H and O–H groups in total. The Labute approximate surface area is 296 Å². The highest BCUT2D eigenvalue weighted by Gasteiger charge is 2.22. The maximum atomic E-state index is 13.4. The zero-order valence-corrected chi connectivity index (χ0v) is 29.1. The molecule has 0 bridgehead atoms. The van der Waals surface area contributed by atoms with E-state index in [0.29, 0.717) is 5.69 Å². The summed E-state index contributed by atoms with van der Waals surface area (Å²) in [7, 11) is -3.79.